The van der Waals surface area contributed by atoms with E-state index in [1.165, 1.54) is 0 Å². The Morgan fingerprint density at radius 3 is 3.08 bits per heavy atom. The van der Waals surface area contributed by atoms with Crippen molar-refractivity contribution in [2.75, 3.05) is 0 Å². The van der Waals surface area contributed by atoms with Crippen molar-refractivity contribution < 1.29 is 4.79 Å². The van der Waals surface area contributed by atoms with Crippen LogP contribution in [0, 0.1) is 6.92 Å². The highest BCUT2D eigenvalue weighted by molar-refractivity contribution is 5.74. The highest BCUT2D eigenvalue weighted by Gasteiger charge is 2.01. The van der Waals surface area contributed by atoms with Gasteiger partial charge in [-0.3, -0.25) is 4.79 Å². The maximum absolute atomic E-state index is 10.4. The zero-order valence-electron chi connectivity index (χ0n) is 6.56. The Hall–Kier alpha value is -1.71. The van der Waals surface area contributed by atoms with Crippen LogP contribution >= 0.6 is 0 Å². The smallest absolute Gasteiger partial charge is 0.170 e. The molecule has 2 heterocycles. The van der Waals surface area contributed by atoms with Crippen molar-refractivity contribution >= 4 is 11.9 Å². The minimum Gasteiger partial charge on any atom is -0.296 e. The van der Waals surface area contributed by atoms with Crippen molar-refractivity contribution in [1.29, 1.82) is 0 Å². The topological polar surface area (TPSA) is 47.3 Å². The lowest BCUT2D eigenvalue weighted by Crippen LogP contribution is -1.94. The van der Waals surface area contributed by atoms with Gasteiger partial charge in [0.15, 0.2) is 11.9 Å². The van der Waals surface area contributed by atoms with Crippen LogP contribution in [0.15, 0.2) is 18.3 Å². The van der Waals surface area contributed by atoms with Crippen LogP contribution in [0.1, 0.15) is 16.2 Å². The van der Waals surface area contributed by atoms with Gasteiger partial charge in [0.25, 0.3) is 0 Å². The molecule has 60 valence electrons. The SMILES string of the molecule is Cc1ccnc2cc(C=O)nn12. The number of aryl methyl sites for hydroxylation is 1. The molecule has 0 fully saturated rings. The van der Waals surface area contributed by atoms with Crippen molar-refractivity contribution in [3.05, 3.63) is 29.7 Å². The fourth-order valence-electron chi connectivity index (χ4n) is 1.09. The summed E-state index contributed by atoms with van der Waals surface area (Å²) in [6, 6.07) is 3.49. The predicted octanol–water partition coefficient (Wildman–Crippen LogP) is 0.850. The molecule has 0 saturated carbocycles. The molecule has 0 aliphatic heterocycles. The second kappa shape index (κ2) is 2.41. The normalized spacial score (nSPS) is 10.4. The van der Waals surface area contributed by atoms with E-state index in [9.17, 15) is 4.79 Å². The standard InChI is InChI=1S/C8H7N3O/c1-6-2-3-9-8-4-7(5-12)10-11(6)8/h2-5H,1H3. The lowest BCUT2D eigenvalue weighted by molar-refractivity contribution is 0.111. The summed E-state index contributed by atoms with van der Waals surface area (Å²) in [6.07, 6.45) is 2.41. The summed E-state index contributed by atoms with van der Waals surface area (Å²) in [5.74, 6) is 0. The molecule has 0 saturated heterocycles. The number of carbonyl (C=O) groups excluding carboxylic acids is 1. The highest BCUT2D eigenvalue weighted by atomic mass is 16.1. The second-order valence-electron chi connectivity index (χ2n) is 2.54. The summed E-state index contributed by atoms with van der Waals surface area (Å²) in [5.41, 5.74) is 2.09. The number of nitrogens with zero attached hydrogens (tertiary/aromatic N) is 3. The first-order valence-corrected chi connectivity index (χ1v) is 3.58. The molecule has 0 amide bonds. The summed E-state index contributed by atoms with van der Waals surface area (Å²) in [6.45, 7) is 1.91. The lowest BCUT2D eigenvalue weighted by atomic mass is 10.4. The van der Waals surface area contributed by atoms with Crippen LogP contribution in [0.25, 0.3) is 5.65 Å². The molecule has 0 spiro atoms. The summed E-state index contributed by atoms with van der Waals surface area (Å²) in [4.78, 5) is 14.4. The van der Waals surface area contributed by atoms with Crippen molar-refractivity contribution in [1.82, 2.24) is 14.6 Å². The van der Waals surface area contributed by atoms with Gasteiger partial charge in [-0.1, -0.05) is 0 Å². The van der Waals surface area contributed by atoms with E-state index in [4.69, 9.17) is 0 Å². The van der Waals surface area contributed by atoms with Crippen LogP contribution in [0.5, 0.6) is 0 Å². The molecule has 0 bridgehead atoms. The molecule has 0 atom stereocenters. The molecular formula is C8H7N3O. The molecule has 0 radical (unpaired) electrons. The Bertz CT molecular complexity index is 433. The fraction of sp³-hybridized carbons (Fsp3) is 0.125. The predicted molar refractivity (Wildman–Crippen MR) is 43.1 cm³/mol. The Labute approximate surface area is 68.8 Å². The van der Waals surface area contributed by atoms with E-state index in [0.717, 1.165) is 5.69 Å². The molecule has 2 aromatic rings. The summed E-state index contributed by atoms with van der Waals surface area (Å²) in [5, 5.41) is 4.02. The van der Waals surface area contributed by atoms with Gasteiger partial charge in [-0.25, -0.2) is 9.50 Å². The van der Waals surface area contributed by atoms with Gasteiger partial charge in [0, 0.05) is 18.0 Å². The van der Waals surface area contributed by atoms with Gasteiger partial charge >= 0.3 is 0 Å². The molecule has 4 nitrogen and oxygen atoms in total. The van der Waals surface area contributed by atoms with Gasteiger partial charge in [0.1, 0.15) is 5.69 Å². The maximum atomic E-state index is 10.4. The number of rotatable bonds is 1. The van der Waals surface area contributed by atoms with Crippen molar-refractivity contribution in [3.63, 3.8) is 0 Å². The van der Waals surface area contributed by atoms with Gasteiger partial charge in [0.2, 0.25) is 0 Å². The van der Waals surface area contributed by atoms with Gasteiger partial charge in [-0.15, -0.1) is 0 Å². The molecule has 2 aromatic heterocycles. The molecule has 0 aliphatic rings. The molecular weight excluding hydrogens is 154 g/mol. The number of hydrogen-bond acceptors (Lipinski definition) is 3. The summed E-state index contributed by atoms with van der Waals surface area (Å²) >= 11 is 0. The highest BCUT2D eigenvalue weighted by Crippen LogP contribution is 2.03. The zero-order valence-corrected chi connectivity index (χ0v) is 6.56. The van der Waals surface area contributed by atoms with Crippen LogP contribution in [0.4, 0.5) is 0 Å². The molecule has 4 heteroatoms. The molecule has 2 rings (SSSR count). The summed E-state index contributed by atoms with van der Waals surface area (Å²) in [7, 11) is 0. The fourth-order valence-corrected chi connectivity index (χ4v) is 1.09. The maximum Gasteiger partial charge on any atom is 0.170 e. The number of fused-ring (bicyclic) bond motifs is 1. The number of hydrogen-bond donors (Lipinski definition) is 0. The molecule has 0 aliphatic carbocycles. The average Bonchev–Trinajstić information content (AvgIpc) is 2.49. The molecule has 0 aromatic carbocycles. The van der Waals surface area contributed by atoms with E-state index in [-0.39, 0.29) is 0 Å². The van der Waals surface area contributed by atoms with Crippen LogP contribution in [0.2, 0.25) is 0 Å². The van der Waals surface area contributed by atoms with E-state index >= 15 is 0 Å². The zero-order chi connectivity index (χ0) is 8.55. The molecule has 0 N–H and O–H groups in total. The lowest BCUT2D eigenvalue weighted by Gasteiger charge is -1.94. The largest absolute Gasteiger partial charge is 0.296 e. The van der Waals surface area contributed by atoms with Crippen LogP contribution in [0.3, 0.4) is 0 Å². The first kappa shape index (κ1) is 6.97. The third-order valence-corrected chi connectivity index (χ3v) is 1.69. The quantitative estimate of drug-likeness (QED) is 0.582. The Morgan fingerprint density at radius 1 is 1.58 bits per heavy atom. The monoisotopic (exact) mass is 161 g/mol. The second-order valence-corrected chi connectivity index (χ2v) is 2.54. The molecule has 0 unspecified atom stereocenters. The number of aldehydes is 1. The van der Waals surface area contributed by atoms with Crippen molar-refractivity contribution in [2.24, 2.45) is 0 Å². The van der Waals surface area contributed by atoms with Crippen molar-refractivity contribution in [3.8, 4) is 0 Å². The first-order valence-electron chi connectivity index (χ1n) is 3.58. The van der Waals surface area contributed by atoms with Gasteiger partial charge in [0.05, 0.1) is 0 Å². The van der Waals surface area contributed by atoms with Gasteiger partial charge < -0.3 is 0 Å². The third kappa shape index (κ3) is 0.887. The van der Waals surface area contributed by atoms with Crippen LogP contribution in [-0.2, 0) is 0 Å². The Balaban J connectivity index is 2.82. The van der Waals surface area contributed by atoms with Gasteiger partial charge in [-0.05, 0) is 13.0 Å². The Morgan fingerprint density at radius 2 is 2.42 bits per heavy atom. The van der Waals surface area contributed by atoms with E-state index in [1.54, 1.807) is 16.8 Å². The minimum absolute atomic E-state index is 0.414. The van der Waals surface area contributed by atoms with Gasteiger partial charge in [-0.2, -0.15) is 5.10 Å². The minimum atomic E-state index is 0.414. The van der Waals surface area contributed by atoms with E-state index < -0.39 is 0 Å². The average molecular weight is 161 g/mol. The van der Waals surface area contributed by atoms with Crippen LogP contribution < -0.4 is 0 Å². The van der Waals surface area contributed by atoms with Crippen LogP contribution in [-0.4, -0.2) is 20.9 Å². The van der Waals surface area contributed by atoms with E-state index in [1.807, 2.05) is 13.0 Å². The first-order chi connectivity index (χ1) is 5.81. The van der Waals surface area contributed by atoms with Crippen molar-refractivity contribution in [2.45, 2.75) is 6.92 Å². The number of carbonyl (C=O) groups is 1. The van der Waals surface area contributed by atoms with E-state index in [0.29, 0.717) is 17.6 Å². The van der Waals surface area contributed by atoms with E-state index in [2.05, 4.69) is 10.1 Å². The number of aromatic nitrogens is 3. The molecule has 12 heavy (non-hydrogen) atoms. The third-order valence-electron chi connectivity index (χ3n) is 1.69. The Kier molecular flexibility index (Phi) is 1.40. The summed E-state index contributed by atoms with van der Waals surface area (Å²) < 4.78 is 1.64.